The Labute approximate surface area is 95.7 Å². The molecule has 0 saturated carbocycles. The van der Waals surface area contributed by atoms with Gasteiger partial charge in [-0.05, 0) is 19.3 Å². The van der Waals surface area contributed by atoms with E-state index in [0.717, 1.165) is 12.8 Å². The number of carbonyl (C=O) groups is 1. The molecular weight excluding hydrogens is 230 g/mol. The topological polar surface area (TPSA) is 63.7 Å². The van der Waals surface area contributed by atoms with Crippen molar-refractivity contribution in [1.82, 2.24) is 4.90 Å². The number of hydrogen-bond acceptors (Lipinski definition) is 4. The van der Waals surface area contributed by atoms with Crippen LogP contribution in [0.4, 0.5) is 0 Å². The average molecular weight is 247 g/mol. The van der Waals surface area contributed by atoms with Crippen molar-refractivity contribution in [2.45, 2.75) is 31.4 Å². The number of nitrogens with zero attached hydrogens (tertiary/aromatic N) is 1. The van der Waals surface area contributed by atoms with Crippen molar-refractivity contribution in [2.75, 3.05) is 25.2 Å². The molecule has 0 N–H and O–H groups in total. The van der Waals surface area contributed by atoms with Crippen LogP contribution in [0, 0.1) is 0 Å². The molecule has 2 heterocycles. The Kier molecular flexibility index (Phi) is 3.21. The molecule has 0 unspecified atom stereocenters. The second kappa shape index (κ2) is 4.33. The van der Waals surface area contributed by atoms with E-state index < -0.39 is 9.84 Å². The molecule has 5 nitrogen and oxygen atoms in total. The predicted molar refractivity (Wildman–Crippen MR) is 58.8 cm³/mol. The van der Waals surface area contributed by atoms with Crippen LogP contribution in [0.2, 0.25) is 0 Å². The van der Waals surface area contributed by atoms with Crippen LogP contribution in [0.25, 0.3) is 0 Å². The fourth-order valence-electron chi connectivity index (χ4n) is 2.26. The number of rotatable bonds is 2. The molecule has 2 saturated heterocycles. The molecule has 0 aromatic carbocycles. The maximum absolute atomic E-state index is 11.9. The van der Waals surface area contributed by atoms with Gasteiger partial charge in [-0.3, -0.25) is 4.79 Å². The van der Waals surface area contributed by atoms with E-state index in [2.05, 4.69) is 0 Å². The molecule has 2 fully saturated rings. The summed E-state index contributed by atoms with van der Waals surface area (Å²) in [7, 11) is -1.26. The molecule has 1 amide bonds. The van der Waals surface area contributed by atoms with Gasteiger partial charge in [-0.1, -0.05) is 0 Å². The summed E-state index contributed by atoms with van der Waals surface area (Å²) < 4.78 is 27.9. The minimum atomic E-state index is -2.93. The quantitative estimate of drug-likeness (QED) is 0.678. The van der Waals surface area contributed by atoms with E-state index in [-0.39, 0.29) is 29.6 Å². The van der Waals surface area contributed by atoms with Gasteiger partial charge in [-0.25, -0.2) is 8.42 Å². The number of ether oxygens (including phenoxy) is 1. The first-order chi connectivity index (χ1) is 7.49. The number of carbonyl (C=O) groups excluding carboxylic acids is 1. The van der Waals surface area contributed by atoms with Crippen LogP contribution < -0.4 is 0 Å². The zero-order valence-electron chi connectivity index (χ0n) is 9.39. The van der Waals surface area contributed by atoms with E-state index in [1.807, 2.05) is 0 Å². The Morgan fingerprint density at radius 1 is 1.38 bits per heavy atom. The monoisotopic (exact) mass is 247 g/mol. The van der Waals surface area contributed by atoms with E-state index in [1.165, 1.54) is 0 Å². The van der Waals surface area contributed by atoms with Crippen LogP contribution in [0.5, 0.6) is 0 Å². The molecule has 2 aliphatic heterocycles. The molecule has 6 heteroatoms. The summed E-state index contributed by atoms with van der Waals surface area (Å²) in [5.74, 6) is 0.225. The molecule has 0 bridgehead atoms. The molecule has 2 rings (SSSR count). The normalized spacial score (nSPS) is 32.8. The number of likely N-dealkylation sites (N-methyl/N-ethyl adjacent to an activating group) is 1. The molecule has 16 heavy (non-hydrogen) atoms. The highest BCUT2D eigenvalue weighted by atomic mass is 32.2. The average Bonchev–Trinajstić information content (AvgIpc) is 2.84. The van der Waals surface area contributed by atoms with E-state index in [1.54, 1.807) is 11.9 Å². The van der Waals surface area contributed by atoms with Gasteiger partial charge in [0.05, 0.1) is 11.5 Å². The van der Waals surface area contributed by atoms with Gasteiger partial charge in [0.1, 0.15) is 6.10 Å². The van der Waals surface area contributed by atoms with Crippen LogP contribution in [0.1, 0.15) is 19.3 Å². The first kappa shape index (κ1) is 11.9. The Bertz CT molecular complexity index is 372. The zero-order chi connectivity index (χ0) is 11.8. The molecule has 0 aromatic heterocycles. The molecule has 0 aromatic rings. The van der Waals surface area contributed by atoms with Crippen molar-refractivity contribution in [1.29, 1.82) is 0 Å². The lowest BCUT2D eigenvalue weighted by atomic mass is 10.1. The van der Waals surface area contributed by atoms with Gasteiger partial charge in [0.2, 0.25) is 0 Å². The highest BCUT2D eigenvalue weighted by Gasteiger charge is 2.36. The molecule has 92 valence electrons. The van der Waals surface area contributed by atoms with Crippen LogP contribution in [0.15, 0.2) is 0 Å². The lowest BCUT2D eigenvalue weighted by Gasteiger charge is -2.25. The second-order valence-corrected chi connectivity index (χ2v) is 6.74. The first-order valence-electron chi connectivity index (χ1n) is 5.58. The van der Waals surface area contributed by atoms with E-state index in [0.29, 0.717) is 13.0 Å². The molecule has 2 atom stereocenters. The Balaban J connectivity index is 1.97. The highest BCUT2D eigenvalue weighted by Crippen LogP contribution is 2.20. The third-order valence-corrected chi connectivity index (χ3v) is 5.06. The molecule has 0 radical (unpaired) electrons. The lowest BCUT2D eigenvalue weighted by molar-refractivity contribution is -0.141. The van der Waals surface area contributed by atoms with Gasteiger partial charge in [0, 0.05) is 19.7 Å². The predicted octanol–water partition coefficient (Wildman–Crippen LogP) is -0.189. The summed E-state index contributed by atoms with van der Waals surface area (Å²) in [5, 5.41) is 0. The second-order valence-electron chi connectivity index (χ2n) is 4.51. The molecule has 2 aliphatic rings. The van der Waals surface area contributed by atoms with Gasteiger partial charge in [-0.2, -0.15) is 0 Å². The van der Waals surface area contributed by atoms with Crippen molar-refractivity contribution < 1.29 is 17.9 Å². The Hall–Kier alpha value is -0.620. The minimum absolute atomic E-state index is 0.0698. The van der Waals surface area contributed by atoms with E-state index in [9.17, 15) is 13.2 Å². The van der Waals surface area contributed by atoms with Gasteiger partial charge in [0.15, 0.2) is 9.84 Å². The van der Waals surface area contributed by atoms with Crippen LogP contribution in [-0.2, 0) is 19.4 Å². The standard InChI is InChI=1S/C10H17NO4S/c1-11(8-4-6-16(13,14)7-8)10(12)9-3-2-5-15-9/h8-9H,2-7H2,1H3/t8-,9-/m0/s1. The third-order valence-electron chi connectivity index (χ3n) is 3.31. The van der Waals surface area contributed by atoms with Crippen molar-refractivity contribution in [3.05, 3.63) is 0 Å². The zero-order valence-corrected chi connectivity index (χ0v) is 10.2. The maximum atomic E-state index is 11.9. The summed E-state index contributed by atoms with van der Waals surface area (Å²) in [5.41, 5.74) is 0. The maximum Gasteiger partial charge on any atom is 0.251 e. The summed E-state index contributed by atoms with van der Waals surface area (Å²) in [6.45, 7) is 0.632. The van der Waals surface area contributed by atoms with Gasteiger partial charge < -0.3 is 9.64 Å². The van der Waals surface area contributed by atoms with Gasteiger partial charge >= 0.3 is 0 Å². The lowest BCUT2D eigenvalue weighted by Crippen LogP contribution is -2.43. The smallest absolute Gasteiger partial charge is 0.251 e. The Morgan fingerprint density at radius 2 is 2.12 bits per heavy atom. The summed E-state index contributed by atoms with van der Waals surface area (Å²) in [6, 6.07) is -0.165. The first-order valence-corrected chi connectivity index (χ1v) is 7.40. The number of hydrogen-bond donors (Lipinski definition) is 0. The highest BCUT2D eigenvalue weighted by molar-refractivity contribution is 7.91. The SMILES string of the molecule is CN(C(=O)[C@@H]1CCCO1)[C@H]1CCS(=O)(=O)C1. The van der Waals surface area contributed by atoms with Crippen LogP contribution >= 0.6 is 0 Å². The van der Waals surface area contributed by atoms with Crippen LogP contribution in [0.3, 0.4) is 0 Å². The molecular formula is C10H17NO4S. The summed E-state index contributed by atoms with van der Waals surface area (Å²) in [6.07, 6.45) is 1.86. The third kappa shape index (κ3) is 2.38. The fourth-order valence-corrected chi connectivity index (χ4v) is 4.03. The van der Waals surface area contributed by atoms with E-state index >= 15 is 0 Å². The molecule has 0 aliphatic carbocycles. The molecule has 0 spiro atoms. The summed E-state index contributed by atoms with van der Waals surface area (Å²) >= 11 is 0. The number of amides is 1. The van der Waals surface area contributed by atoms with E-state index in [4.69, 9.17) is 4.74 Å². The van der Waals surface area contributed by atoms with Crippen molar-refractivity contribution in [3.63, 3.8) is 0 Å². The van der Waals surface area contributed by atoms with Gasteiger partial charge in [0.25, 0.3) is 5.91 Å². The number of sulfone groups is 1. The fraction of sp³-hybridized carbons (Fsp3) is 0.900. The largest absolute Gasteiger partial charge is 0.368 e. The van der Waals surface area contributed by atoms with Crippen molar-refractivity contribution in [2.24, 2.45) is 0 Å². The Morgan fingerprint density at radius 3 is 2.62 bits per heavy atom. The van der Waals surface area contributed by atoms with Crippen molar-refractivity contribution in [3.8, 4) is 0 Å². The minimum Gasteiger partial charge on any atom is -0.368 e. The van der Waals surface area contributed by atoms with Crippen molar-refractivity contribution >= 4 is 15.7 Å². The van der Waals surface area contributed by atoms with Gasteiger partial charge in [-0.15, -0.1) is 0 Å². The summed E-state index contributed by atoms with van der Waals surface area (Å²) in [4.78, 5) is 13.5. The van der Waals surface area contributed by atoms with Crippen LogP contribution in [-0.4, -0.2) is 56.5 Å².